The Bertz CT molecular complexity index is 651. The van der Waals surface area contributed by atoms with Gasteiger partial charge in [0.2, 0.25) is 10.0 Å². The highest BCUT2D eigenvalue weighted by molar-refractivity contribution is 7.89. The van der Waals surface area contributed by atoms with Crippen LogP contribution in [0.1, 0.15) is 30.6 Å². The van der Waals surface area contributed by atoms with E-state index in [1.54, 1.807) is 4.90 Å². The minimum Gasteiger partial charge on any atom is -0.481 e. The van der Waals surface area contributed by atoms with E-state index in [0.29, 0.717) is 18.7 Å². The molecule has 1 aromatic rings. The number of nitrogens with zero attached hydrogens (tertiary/aromatic N) is 2. The molecule has 0 aromatic heterocycles. The van der Waals surface area contributed by atoms with Crippen molar-refractivity contribution < 1.29 is 23.1 Å². The van der Waals surface area contributed by atoms with E-state index in [-0.39, 0.29) is 23.8 Å². The minimum absolute atomic E-state index is 0.0292. The molecule has 0 heterocycles. The van der Waals surface area contributed by atoms with Crippen molar-refractivity contribution in [2.75, 3.05) is 26.7 Å². The monoisotopic (exact) mass is 342 g/mol. The van der Waals surface area contributed by atoms with Crippen molar-refractivity contribution in [1.29, 1.82) is 0 Å². The van der Waals surface area contributed by atoms with Crippen LogP contribution in [0.4, 0.5) is 0 Å². The Kier molecular flexibility index (Phi) is 6.71. The van der Waals surface area contributed by atoms with Gasteiger partial charge in [0.25, 0.3) is 5.91 Å². The third-order valence-corrected chi connectivity index (χ3v) is 5.37. The fraction of sp³-hybridized carbons (Fsp3) is 0.467. The summed E-state index contributed by atoms with van der Waals surface area (Å²) < 4.78 is 25.6. The summed E-state index contributed by atoms with van der Waals surface area (Å²) in [6.45, 7) is 4.79. The molecule has 0 aliphatic carbocycles. The van der Waals surface area contributed by atoms with Gasteiger partial charge in [-0.05, 0) is 38.1 Å². The van der Waals surface area contributed by atoms with E-state index in [9.17, 15) is 18.0 Å². The van der Waals surface area contributed by atoms with Gasteiger partial charge in [-0.1, -0.05) is 0 Å². The van der Waals surface area contributed by atoms with Crippen LogP contribution in [0.3, 0.4) is 0 Å². The number of carbonyl (C=O) groups excluding carboxylic acids is 1. The number of hydrogen-bond donors (Lipinski definition) is 1. The Morgan fingerprint density at radius 2 is 1.61 bits per heavy atom. The highest BCUT2D eigenvalue weighted by atomic mass is 32.2. The quantitative estimate of drug-likeness (QED) is 0.767. The molecule has 0 spiro atoms. The van der Waals surface area contributed by atoms with Crippen molar-refractivity contribution >= 4 is 21.9 Å². The van der Waals surface area contributed by atoms with Gasteiger partial charge in [-0.15, -0.1) is 0 Å². The molecule has 0 radical (unpaired) electrons. The van der Waals surface area contributed by atoms with Crippen LogP contribution in [0, 0.1) is 0 Å². The molecule has 0 saturated carbocycles. The van der Waals surface area contributed by atoms with Gasteiger partial charge in [-0.25, -0.2) is 12.7 Å². The number of sulfonamides is 1. The predicted molar refractivity (Wildman–Crippen MR) is 85.8 cm³/mol. The zero-order valence-corrected chi connectivity index (χ0v) is 14.3. The van der Waals surface area contributed by atoms with E-state index >= 15 is 0 Å². The standard InChI is InChI=1S/C15H22N2O5S/c1-4-17(5-2)15(20)12-6-8-13(9-7-12)23(21,22)16(3)11-10-14(18)19/h6-9H,4-5,10-11H2,1-3H3,(H,18,19). The fourth-order valence-electron chi connectivity index (χ4n) is 2.02. The second kappa shape index (κ2) is 8.07. The van der Waals surface area contributed by atoms with Crippen molar-refractivity contribution in [2.45, 2.75) is 25.2 Å². The molecule has 0 aliphatic heterocycles. The van der Waals surface area contributed by atoms with Gasteiger partial charge >= 0.3 is 5.97 Å². The molecular formula is C15H22N2O5S. The average Bonchev–Trinajstić information content (AvgIpc) is 2.53. The molecule has 1 amide bonds. The Labute approximate surface area is 136 Å². The van der Waals surface area contributed by atoms with Gasteiger partial charge in [-0.3, -0.25) is 9.59 Å². The van der Waals surface area contributed by atoms with Crippen LogP contribution in [0.5, 0.6) is 0 Å². The van der Waals surface area contributed by atoms with Crippen molar-refractivity contribution in [3.8, 4) is 0 Å². The van der Waals surface area contributed by atoms with Crippen molar-refractivity contribution in [1.82, 2.24) is 9.21 Å². The molecule has 7 nitrogen and oxygen atoms in total. The third kappa shape index (κ3) is 4.77. The number of rotatable bonds is 8. The van der Waals surface area contributed by atoms with Crippen LogP contribution in [0.15, 0.2) is 29.2 Å². The number of hydrogen-bond acceptors (Lipinski definition) is 4. The highest BCUT2D eigenvalue weighted by Gasteiger charge is 2.22. The second-order valence-electron chi connectivity index (χ2n) is 4.97. The normalized spacial score (nSPS) is 11.5. The first kappa shape index (κ1) is 19.1. The molecular weight excluding hydrogens is 320 g/mol. The zero-order valence-electron chi connectivity index (χ0n) is 13.5. The first-order chi connectivity index (χ1) is 10.7. The number of aliphatic carboxylic acids is 1. The van der Waals surface area contributed by atoms with E-state index in [2.05, 4.69) is 0 Å². The van der Waals surface area contributed by atoms with E-state index in [1.807, 2.05) is 13.8 Å². The van der Waals surface area contributed by atoms with E-state index in [4.69, 9.17) is 5.11 Å². The van der Waals surface area contributed by atoms with E-state index in [0.717, 1.165) is 4.31 Å². The summed E-state index contributed by atoms with van der Waals surface area (Å²) in [6, 6.07) is 5.67. The molecule has 23 heavy (non-hydrogen) atoms. The molecule has 1 aromatic carbocycles. The van der Waals surface area contributed by atoms with Crippen LogP contribution >= 0.6 is 0 Å². The summed E-state index contributed by atoms with van der Waals surface area (Å²) in [4.78, 5) is 24.4. The summed E-state index contributed by atoms with van der Waals surface area (Å²) in [5.41, 5.74) is 0.417. The highest BCUT2D eigenvalue weighted by Crippen LogP contribution is 2.16. The first-order valence-corrected chi connectivity index (χ1v) is 8.75. The smallest absolute Gasteiger partial charge is 0.304 e. The Balaban J connectivity index is 2.94. The Morgan fingerprint density at radius 3 is 2.04 bits per heavy atom. The molecule has 0 saturated heterocycles. The maximum Gasteiger partial charge on any atom is 0.304 e. The molecule has 0 aliphatic rings. The second-order valence-corrected chi connectivity index (χ2v) is 7.02. The molecule has 8 heteroatoms. The van der Waals surface area contributed by atoms with Crippen LogP contribution < -0.4 is 0 Å². The topological polar surface area (TPSA) is 95.0 Å². The van der Waals surface area contributed by atoms with Gasteiger partial charge in [0.1, 0.15) is 0 Å². The largest absolute Gasteiger partial charge is 0.481 e. The van der Waals surface area contributed by atoms with Gasteiger partial charge in [-0.2, -0.15) is 0 Å². The Morgan fingerprint density at radius 1 is 1.09 bits per heavy atom. The summed E-state index contributed by atoms with van der Waals surface area (Å²) in [5, 5.41) is 8.63. The van der Waals surface area contributed by atoms with Crippen molar-refractivity contribution in [3.63, 3.8) is 0 Å². The number of benzene rings is 1. The molecule has 0 unspecified atom stereocenters. The molecule has 1 rings (SSSR count). The average molecular weight is 342 g/mol. The summed E-state index contributed by atoms with van der Waals surface area (Å²) in [7, 11) is -2.44. The number of carbonyl (C=O) groups is 2. The van der Waals surface area contributed by atoms with Crippen LogP contribution in [-0.4, -0.2) is 61.3 Å². The SMILES string of the molecule is CCN(CC)C(=O)c1ccc(S(=O)(=O)N(C)CCC(=O)O)cc1. The lowest BCUT2D eigenvalue weighted by Gasteiger charge is -2.19. The lowest BCUT2D eigenvalue weighted by atomic mass is 10.2. The van der Waals surface area contributed by atoms with Gasteiger partial charge in [0.15, 0.2) is 0 Å². The van der Waals surface area contributed by atoms with Crippen molar-refractivity contribution in [3.05, 3.63) is 29.8 Å². The predicted octanol–water partition coefficient (Wildman–Crippen LogP) is 1.26. The summed E-state index contributed by atoms with van der Waals surface area (Å²) in [6.07, 6.45) is -0.270. The third-order valence-electron chi connectivity index (χ3n) is 3.50. The molecule has 1 N–H and O–H groups in total. The first-order valence-electron chi connectivity index (χ1n) is 7.31. The zero-order chi connectivity index (χ0) is 17.6. The van der Waals surface area contributed by atoms with E-state index in [1.165, 1.54) is 31.3 Å². The molecule has 128 valence electrons. The molecule has 0 fully saturated rings. The Hall–Kier alpha value is -1.93. The summed E-state index contributed by atoms with van der Waals surface area (Å²) in [5.74, 6) is -1.22. The van der Waals surface area contributed by atoms with Crippen molar-refractivity contribution in [2.24, 2.45) is 0 Å². The lowest BCUT2D eigenvalue weighted by molar-refractivity contribution is -0.137. The molecule has 0 bridgehead atoms. The maximum absolute atomic E-state index is 12.3. The van der Waals surface area contributed by atoms with Gasteiger partial charge < -0.3 is 10.0 Å². The lowest BCUT2D eigenvalue weighted by Crippen LogP contribution is -2.31. The maximum atomic E-state index is 12.3. The van der Waals surface area contributed by atoms with Gasteiger partial charge in [0.05, 0.1) is 11.3 Å². The van der Waals surface area contributed by atoms with Crippen LogP contribution in [-0.2, 0) is 14.8 Å². The number of carboxylic acids is 1. The minimum atomic E-state index is -3.76. The number of amides is 1. The van der Waals surface area contributed by atoms with Crippen LogP contribution in [0.2, 0.25) is 0 Å². The fourth-order valence-corrected chi connectivity index (χ4v) is 3.19. The number of carboxylic acid groups (broad SMARTS) is 1. The molecule has 0 atom stereocenters. The summed E-state index contributed by atoms with van der Waals surface area (Å²) >= 11 is 0. The van der Waals surface area contributed by atoms with Crippen LogP contribution in [0.25, 0.3) is 0 Å². The van der Waals surface area contributed by atoms with E-state index < -0.39 is 16.0 Å². The van der Waals surface area contributed by atoms with Gasteiger partial charge in [0, 0.05) is 32.2 Å².